The van der Waals surface area contributed by atoms with E-state index in [2.05, 4.69) is 9.97 Å². The fourth-order valence-electron chi connectivity index (χ4n) is 0.587. The summed E-state index contributed by atoms with van der Waals surface area (Å²) < 4.78 is 21.5. The van der Waals surface area contributed by atoms with Gasteiger partial charge in [-0.15, -0.1) is 12.4 Å². The highest BCUT2D eigenvalue weighted by molar-refractivity contribution is 7.90. The van der Waals surface area contributed by atoms with Gasteiger partial charge in [0.05, 0.1) is 6.20 Å². The molecule has 0 radical (unpaired) electrons. The molecule has 1 rings (SSSR count). The van der Waals surface area contributed by atoms with Crippen molar-refractivity contribution in [3.05, 3.63) is 12.0 Å². The third kappa shape index (κ3) is 2.51. The van der Waals surface area contributed by atoms with Gasteiger partial charge in [0.25, 0.3) is 0 Å². The number of sulfone groups is 1. The number of imidazole rings is 1. The van der Waals surface area contributed by atoms with Gasteiger partial charge in [0.1, 0.15) is 5.82 Å². The van der Waals surface area contributed by atoms with Crippen LogP contribution in [0.3, 0.4) is 0 Å². The molecule has 1 heterocycles. The lowest BCUT2D eigenvalue weighted by Gasteiger charge is -1.87. The van der Waals surface area contributed by atoms with Crippen molar-refractivity contribution in [1.29, 1.82) is 0 Å². The summed E-state index contributed by atoms with van der Waals surface area (Å²) >= 11 is 0. The Morgan fingerprint density at radius 3 is 2.27 bits per heavy atom. The van der Waals surface area contributed by atoms with Crippen LogP contribution in [0.2, 0.25) is 0 Å². The van der Waals surface area contributed by atoms with Crippen LogP contribution in [0.1, 0.15) is 5.82 Å². The molecule has 64 valence electrons. The van der Waals surface area contributed by atoms with Crippen LogP contribution in [0.25, 0.3) is 0 Å². The van der Waals surface area contributed by atoms with E-state index in [4.69, 9.17) is 0 Å². The van der Waals surface area contributed by atoms with E-state index >= 15 is 0 Å². The lowest BCUT2D eigenvalue weighted by atomic mass is 10.8. The van der Waals surface area contributed by atoms with E-state index in [9.17, 15) is 8.42 Å². The molecule has 1 aromatic heterocycles. The van der Waals surface area contributed by atoms with Crippen LogP contribution in [-0.2, 0) is 9.84 Å². The maximum Gasteiger partial charge on any atom is 0.192 e. The lowest BCUT2D eigenvalue weighted by Crippen LogP contribution is -1.96. The molecule has 0 aliphatic heterocycles. The Morgan fingerprint density at radius 2 is 2.09 bits per heavy atom. The van der Waals surface area contributed by atoms with E-state index in [0.29, 0.717) is 5.82 Å². The molecule has 11 heavy (non-hydrogen) atoms. The van der Waals surface area contributed by atoms with Gasteiger partial charge in [-0.25, -0.2) is 13.4 Å². The van der Waals surface area contributed by atoms with Crippen LogP contribution in [-0.4, -0.2) is 24.6 Å². The lowest BCUT2D eigenvalue weighted by molar-refractivity contribution is 0.598. The minimum atomic E-state index is -3.10. The van der Waals surface area contributed by atoms with Gasteiger partial charge in [-0.1, -0.05) is 0 Å². The predicted molar refractivity (Wildman–Crippen MR) is 43.7 cm³/mol. The van der Waals surface area contributed by atoms with Crippen LogP contribution >= 0.6 is 12.4 Å². The van der Waals surface area contributed by atoms with Gasteiger partial charge in [0, 0.05) is 6.26 Å². The van der Waals surface area contributed by atoms with Crippen LogP contribution < -0.4 is 0 Å². The van der Waals surface area contributed by atoms with Gasteiger partial charge in [0.15, 0.2) is 14.9 Å². The fraction of sp³-hybridized carbons (Fsp3) is 0.400. The first kappa shape index (κ1) is 10.4. The number of aromatic nitrogens is 2. The van der Waals surface area contributed by atoms with Crippen molar-refractivity contribution in [3.8, 4) is 0 Å². The van der Waals surface area contributed by atoms with Crippen molar-refractivity contribution in [2.45, 2.75) is 11.9 Å². The second-order valence-electron chi connectivity index (χ2n) is 2.11. The number of nitrogens with zero attached hydrogens (tertiary/aromatic N) is 1. The quantitative estimate of drug-likeness (QED) is 0.713. The Bertz CT molecular complexity index is 330. The summed E-state index contributed by atoms with van der Waals surface area (Å²) in [6.45, 7) is 1.70. The zero-order chi connectivity index (χ0) is 7.78. The first-order valence-corrected chi connectivity index (χ1v) is 4.61. The van der Waals surface area contributed by atoms with Crippen molar-refractivity contribution in [1.82, 2.24) is 9.97 Å². The largest absolute Gasteiger partial charge is 0.333 e. The Labute approximate surface area is 71.4 Å². The van der Waals surface area contributed by atoms with Gasteiger partial charge in [-0.2, -0.15) is 0 Å². The zero-order valence-electron chi connectivity index (χ0n) is 6.16. The molecule has 0 aliphatic rings. The van der Waals surface area contributed by atoms with Gasteiger partial charge >= 0.3 is 0 Å². The Balaban J connectivity index is 0.000001000. The highest BCUT2D eigenvalue weighted by atomic mass is 35.5. The van der Waals surface area contributed by atoms with Crippen LogP contribution in [0.15, 0.2) is 11.2 Å². The zero-order valence-corrected chi connectivity index (χ0v) is 7.79. The summed E-state index contributed by atoms with van der Waals surface area (Å²) in [4.78, 5) is 6.37. The average Bonchev–Trinajstić information content (AvgIpc) is 2.11. The molecule has 0 aromatic carbocycles. The number of hydrogen-bond acceptors (Lipinski definition) is 3. The number of aromatic amines is 1. The third-order valence-corrected chi connectivity index (χ3v) is 2.09. The van der Waals surface area contributed by atoms with Crippen molar-refractivity contribution in [3.63, 3.8) is 0 Å². The summed E-state index contributed by atoms with van der Waals surface area (Å²) in [7, 11) is -3.10. The summed E-state index contributed by atoms with van der Waals surface area (Å²) in [5.41, 5.74) is 0. The van der Waals surface area contributed by atoms with E-state index in [1.807, 2.05) is 0 Å². The van der Waals surface area contributed by atoms with Crippen LogP contribution in [0, 0.1) is 6.92 Å². The molecule has 0 aliphatic carbocycles. The standard InChI is InChI=1S/C5H8N2O2S.ClH/c1-4-6-3-5(7-4)10(2,8)9;/h3H,1-2H3,(H,6,7);1H. The topological polar surface area (TPSA) is 62.8 Å². The number of rotatable bonds is 1. The van der Waals surface area contributed by atoms with Crippen molar-refractivity contribution >= 4 is 22.2 Å². The highest BCUT2D eigenvalue weighted by Gasteiger charge is 2.07. The normalized spacial score (nSPS) is 10.7. The van der Waals surface area contributed by atoms with E-state index in [1.165, 1.54) is 6.20 Å². The molecule has 0 amide bonds. The highest BCUT2D eigenvalue weighted by Crippen LogP contribution is 2.02. The Hall–Kier alpha value is -0.550. The molecule has 0 bridgehead atoms. The number of aryl methyl sites for hydroxylation is 1. The minimum absolute atomic E-state index is 0. The molecule has 0 saturated carbocycles. The van der Waals surface area contributed by atoms with Crippen molar-refractivity contribution < 1.29 is 8.42 Å². The van der Waals surface area contributed by atoms with Gasteiger partial charge in [0.2, 0.25) is 0 Å². The first-order valence-electron chi connectivity index (χ1n) is 2.72. The minimum Gasteiger partial charge on any atom is -0.333 e. The molecule has 0 atom stereocenters. The summed E-state index contributed by atoms with van der Waals surface area (Å²) in [6, 6.07) is 0. The van der Waals surface area contributed by atoms with E-state index < -0.39 is 9.84 Å². The molecule has 0 saturated heterocycles. The average molecular weight is 197 g/mol. The van der Waals surface area contributed by atoms with Crippen molar-refractivity contribution in [2.75, 3.05) is 6.26 Å². The molecular weight excluding hydrogens is 188 g/mol. The summed E-state index contributed by atoms with van der Waals surface area (Å²) in [5, 5.41) is 0.171. The van der Waals surface area contributed by atoms with Gasteiger partial charge < -0.3 is 4.98 Å². The maximum absolute atomic E-state index is 10.8. The molecule has 1 aromatic rings. The number of nitrogens with one attached hydrogen (secondary N) is 1. The predicted octanol–water partition coefficient (Wildman–Crippen LogP) is 0.543. The Kier molecular flexibility index (Phi) is 3.07. The van der Waals surface area contributed by atoms with E-state index in [-0.39, 0.29) is 17.4 Å². The molecule has 1 N–H and O–H groups in total. The monoisotopic (exact) mass is 196 g/mol. The molecule has 6 heteroatoms. The maximum atomic E-state index is 10.8. The van der Waals surface area contributed by atoms with E-state index in [0.717, 1.165) is 6.26 Å². The Morgan fingerprint density at radius 1 is 1.55 bits per heavy atom. The molecule has 0 spiro atoms. The van der Waals surface area contributed by atoms with Crippen LogP contribution in [0.5, 0.6) is 0 Å². The smallest absolute Gasteiger partial charge is 0.192 e. The molecule has 0 unspecified atom stereocenters. The van der Waals surface area contributed by atoms with Gasteiger partial charge in [-0.05, 0) is 6.92 Å². The van der Waals surface area contributed by atoms with Crippen LogP contribution in [0.4, 0.5) is 0 Å². The fourth-order valence-corrected chi connectivity index (χ4v) is 1.16. The SMILES string of the molecule is Cc1ncc(S(C)(=O)=O)[nH]1.Cl. The first-order chi connectivity index (χ1) is 4.50. The molecule has 4 nitrogen and oxygen atoms in total. The number of halogens is 1. The number of hydrogen-bond donors (Lipinski definition) is 1. The summed E-state index contributed by atoms with van der Waals surface area (Å²) in [5.74, 6) is 0.612. The number of H-pyrrole nitrogens is 1. The second-order valence-corrected chi connectivity index (χ2v) is 4.09. The van der Waals surface area contributed by atoms with Crippen molar-refractivity contribution in [2.24, 2.45) is 0 Å². The van der Waals surface area contributed by atoms with Gasteiger partial charge in [-0.3, -0.25) is 0 Å². The second kappa shape index (κ2) is 3.23. The molecular formula is C5H9ClN2O2S. The van der Waals surface area contributed by atoms with E-state index in [1.54, 1.807) is 6.92 Å². The third-order valence-electron chi connectivity index (χ3n) is 1.08. The molecule has 0 fully saturated rings. The summed E-state index contributed by atoms with van der Waals surface area (Å²) in [6.07, 6.45) is 2.45.